The summed E-state index contributed by atoms with van der Waals surface area (Å²) in [6, 6.07) is 0. The van der Waals surface area contributed by atoms with Gasteiger partial charge in [-0.25, -0.2) is 9.59 Å². The van der Waals surface area contributed by atoms with Gasteiger partial charge in [0.1, 0.15) is 0 Å². The number of amides is 1. The van der Waals surface area contributed by atoms with Gasteiger partial charge in [-0.3, -0.25) is 14.1 Å². The van der Waals surface area contributed by atoms with E-state index in [1.807, 2.05) is 21.1 Å². The van der Waals surface area contributed by atoms with E-state index in [1.54, 1.807) is 6.92 Å². The third-order valence-corrected chi connectivity index (χ3v) is 2.23. The number of nitrogens with zero attached hydrogens (tertiary/aromatic N) is 1. The van der Waals surface area contributed by atoms with Crippen molar-refractivity contribution in [1.82, 2.24) is 0 Å². The Morgan fingerprint density at radius 2 is 1.15 bits per heavy atom. The number of hydrogen-bond donors (Lipinski definition) is 4. The second-order valence-corrected chi connectivity index (χ2v) is 5.01. The van der Waals surface area contributed by atoms with E-state index in [0.29, 0.717) is 4.48 Å². The maximum absolute atomic E-state index is 10.4. The van der Waals surface area contributed by atoms with E-state index in [4.69, 9.17) is 20.4 Å². The van der Waals surface area contributed by atoms with Crippen molar-refractivity contribution < 1.29 is 44.1 Å². The molecular formula is C11H20NO8+. The van der Waals surface area contributed by atoms with Gasteiger partial charge in [0, 0.05) is 0 Å². The first-order valence-electron chi connectivity index (χ1n) is 5.44. The van der Waals surface area contributed by atoms with Crippen LogP contribution in [0.25, 0.3) is 0 Å². The summed E-state index contributed by atoms with van der Waals surface area (Å²) in [5.41, 5.74) is -2.74. The van der Waals surface area contributed by atoms with Crippen LogP contribution in [0.15, 0.2) is 0 Å². The highest BCUT2D eigenvalue weighted by Gasteiger charge is 2.40. The molecule has 0 atom stereocenters. The van der Waals surface area contributed by atoms with Gasteiger partial charge in [0.05, 0.1) is 40.9 Å². The first-order valence-corrected chi connectivity index (χ1v) is 5.44. The fourth-order valence-corrected chi connectivity index (χ4v) is 0.714. The molecule has 4 N–H and O–H groups in total. The average Bonchev–Trinajstić information content (AvgIpc) is 2.13. The number of quaternary nitrogens is 1. The van der Waals surface area contributed by atoms with Gasteiger partial charge in [-0.1, -0.05) is 0 Å². The fourth-order valence-electron chi connectivity index (χ4n) is 0.714. The van der Waals surface area contributed by atoms with Gasteiger partial charge >= 0.3 is 23.8 Å². The van der Waals surface area contributed by atoms with Crippen LogP contribution in [0, 0.1) is 0 Å². The van der Waals surface area contributed by atoms with Crippen molar-refractivity contribution in [3.05, 3.63) is 0 Å². The van der Waals surface area contributed by atoms with Gasteiger partial charge < -0.3 is 20.4 Å². The summed E-state index contributed by atoms with van der Waals surface area (Å²) in [7, 11) is 5.55. The minimum absolute atomic E-state index is 0.181. The zero-order valence-corrected chi connectivity index (χ0v) is 11.8. The normalized spacial score (nSPS) is 11.1. The molecule has 0 radical (unpaired) electrons. The summed E-state index contributed by atoms with van der Waals surface area (Å²) in [5.74, 6) is -4.84. The van der Waals surface area contributed by atoms with Crippen molar-refractivity contribution in [2.75, 3.05) is 21.1 Å². The molecule has 0 bridgehead atoms. The van der Waals surface area contributed by atoms with E-state index in [2.05, 4.69) is 0 Å². The minimum Gasteiger partial charge on any atom is -0.481 e. The minimum atomic E-state index is -2.74. The third kappa shape index (κ3) is 9.00. The Morgan fingerprint density at radius 3 is 1.25 bits per heavy atom. The number of carboxylic acids is 3. The fraction of sp³-hybridized carbons (Fsp3) is 0.636. The van der Waals surface area contributed by atoms with Gasteiger partial charge in [0.15, 0.2) is 5.60 Å². The largest absolute Gasteiger partial charge is 0.481 e. The van der Waals surface area contributed by atoms with Crippen molar-refractivity contribution in [3.63, 3.8) is 0 Å². The summed E-state index contributed by atoms with van der Waals surface area (Å²) in [4.78, 5) is 40.9. The van der Waals surface area contributed by atoms with Crippen molar-refractivity contribution in [3.8, 4) is 0 Å². The molecule has 0 aromatic heterocycles. The van der Waals surface area contributed by atoms with Crippen LogP contribution in [-0.4, -0.2) is 75.5 Å². The Bertz CT molecular complexity index is 380. The highest BCUT2D eigenvalue weighted by molar-refractivity contribution is 5.88. The molecule has 0 spiro atoms. The molecule has 0 fully saturated rings. The van der Waals surface area contributed by atoms with Crippen molar-refractivity contribution in [1.29, 1.82) is 0 Å². The lowest BCUT2D eigenvalue weighted by molar-refractivity contribution is -0.791. The van der Waals surface area contributed by atoms with Gasteiger partial charge in [-0.15, -0.1) is 0 Å². The molecular weight excluding hydrogens is 274 g/mol. The van der Waals surface area contributed by atoms with E-state index >= 15 is 0 Å². The summed E-state index contributed by atoms with van der Waals surface area (Å²) >= 11 is 0. The summed E-state index contributed by atoms with van der Waals surface area (Å²) in [6.45, 7) is 1.58. The number of aliphatic carboxylic acids is 3. The SMILES string of the molecule is CC(=O)[N+](C)(C)C.O=C(O)CC(O)(CC(=O)O)C(=O)O. The van der Waals surface area contributed by atoms with Crippen LogP contribution in [-0.2, 0) is 19.2 Å². The molecule has 0 rings (SSSR count). The van der Waals surface area contributed by atoms with Gasteiger partial charge in [0.25, 0.3) is 0 Å². The Kier molecular flexibility index (Phi) is 7.68. The molecule has 0 aromatic rings. The molecule has 0 saturated heterocycles. The standard InChI is InChI=1S/C6H8O7.C5H12NO/c7-3(8)1-6(13,5(11)12)2-4(9)10;1-5(7)6(2,3)4/h13H,1-2H2,(H,7,8)(H,9,10)(H,11,12);1-4H3/q;+1. The predicted octanol–water partition coefficient (Wildman–Crippen LogP) is -1.01. The van der Waals surface area contributed by atoms with Crippen LogP contribution in [0.2, 0.25) is 0 Å². The van der Waals surface area contributed by atoms with Crippen molar-refractivity contribution in [2.24, 2.45) is 0 Å². The highest BCUT2D eigenvalue weighted by Crippen LogP contribution is 2.15. The van der Waals surface area contributed by atoms with Crippen LogP contribution in [0.4, 0.5) is 0 Å². The van der Waals surface area contributed by atoms with Crippen molar-refractivity contribution in [2.45, 2.75) is 25.4 Å². The summed E-state index contributed by atoms with van der Waals surface area (Å²) in [6.07, 6.45) is -2.29. The quantitative estimate of drug-likeness (QED) is 0.471. The van der Waals surface area contributed by atoms with Crippen LogP contribution >= 0.6 is 0 Å². The molecule has 0 aliphatic carbocycles. The average molecular weight is 294 g/mol. The third-order valence-electron chi connectivity index (χ3n) is 2.23. The molecule has 9 nitrogen and oxygen atoms in total. The van der Waals surface area contributed by atoms with E-state index in [9.17, 15) is 19.2 Å². The number of aliphatic hydroxyl groups is 1. The number of carbonyl (C=O) groups excluding carboxylic acids is 1. The maximum atomic E-state index is 10.4. The van der Waals surface area contributed by atoms with Gasteiger partial charge in [0.2, 0.25) is 0 Å². The summed E-state index contributed by atoms with van der Waals surface area (Å²) < 4.78 is 0.417. The molecule has 0 heterocycles. The Hall–Kier alpha value is -2.00. The first kappa shape index (κ1) is 20.3. The van der Waals surface area contributed by atoms with Crippen LogP contribution < -0.4 is 0 Å². The van der Waals surface area contributed by atoms with E-state index in [1.165, 1.54) is 0 Å². The molecule has 0 aliphatic rings. The Morgan fingerprint density at radius 1 is 0.900 bits per heavy atom. The van der Waals surface area contributed by atoms with Gasteiger partial charge in [-0.05, 0) is 0 Å². The number of carbonyl (C=O) groups is 4. The molecule has 116 valence electrons. The molecule has 0 aromatic carbocycles. The van der Waals surface area contributed by atoms with E-state index in [-0.39, 0.29) is 5.91 Å². The monoisotopic (exact) mass is 294 g/mol. The maximum Gasteiger partial charge on any atom is 0.336 e. The Balaban J connectivity index is 0. The predicted molar refractivity (Wildman–Crippen MR) is 65.8 cm³/mol. The molecule has 1 amide bonds. The molecule has 0 unspecified atom stereocenters. The van der Waals surface area contributed by atoms with Crippen LogP contribution in [0.5, 0.6) is 0 Å². The second-order valence-electron chi connectivity index (χ2n) is 5.01. The van der Waals surface area contributed by atoms with Crippen LogP contribution in [0.3, 0.4) is 0 Å². The molecule has 9 heteroatoms. The summed E-state index contributed by atoms with van der Waals surface area (Å²) in [5, 5.41) is 33.8. The van der Waals surface area contributed by atoms with Crippen molar-refractivity contribution >= 4 is 23.8 Å². The number of carboxylic acid groups (broad SMARTS) is 3. The van der Waals surface area contributed by atoms with E-state index in [0.717, 1.165) is 0 Å². The lowest BCUT2D eigenvalue weighted by Crippen LogP contribution is -2.42. The zero-order chi connectivity index (χ0) is 16.7. The lowest BCUT2D eigenvalue weighted by atomic mass is 9.96. The lowest BCUT2D eigenvalue weighted by Gasteiger charge is -2.18. The molecule has 0 aliphatic heterocycles. The first-order chi connectivity index (χ1) is 8.72. The zero-order valence-electron chi connectivity index (χ0n) is 11.8. The topological polar surface area (TPSA) is 149 Å². The van der Waals surface area contributed by atoms with E-state index < -0.39 is 36.4 Å². The smallest absolute Gasteiger partial charge is 0.336 e. The van der Waals surface area contributed by atoms with Crippen LogP contribution in [0.1, 0.15) is 19.8 Å². The van der Waals surface area contributed by atoms with Gasteiger partial charge in [-0.2, -0.15) is 0 Å². The molecule has 20 heavy (non-hydrogen) atoms. The second kappa shape index (κ2) is 7.56. The highest BCUT2D eigenvalue weighted by atomic mass is 16.4. The number of hydrogen-bond acceptors (Lipinski definition) is 5. The number of rotatable bonds is 5. The Labute approximate surface area is 115 Å². The molecule has 0 saturated carbocycles.